The van der Waals surface area contributed by atoms with Crippen molar-refractivity contribution in [3.05, 3.63) is 5.01 Å². The van der Waals surface area contributed by atoms with Gasteiger partial charge in [0, 0.05) is 6.26 Å². The molecule has 0 aliphatic rings. The van der Waals surface area contributed by atoms with E-state index in [1.165, 1.54) is 0 Å². The lowest BCUT2D eigenvalue weighted by molar-refractivity contribution is -0.138. The van der Waals surface area contributed by atoms with Crippen LogP contribution in [-0.4, -0.2) is 36.0 Å². The topological polar surface area (TPSA) is 89.0 Å². The van der Waals surface area contributed by atoms with E-state index >= 15 is 0 Å². The SMILES string of the molecule is CC(C(=O)Nc1nnc(C(F)(F)F)s1)S(C)(=O)=O. The van der Waals surface area contributed by atoms with Crippen LogP contribution < -0.4 is 5.32 Å². The van der Waals surface area contributed by atoms with E-state index in [4.69, 9.17) is 0 Å². The van der Waals surface area contributed by atoms with E-state index in [1.54, 1.807) is 0 Å². The van der Waals surface area contributed by atoms with Gasteiger partial charge in [0.25, 0.3) is 0 Å². The van der Waals surface area contributed by atoms with E-state index in [1.807, 2.05) is 5.32 Å². The first-order valence-corrected chi connectivity index (χ1v) is 7.19. The summed E-state index contributed by atoms with van der Waals surface area (Å²) < 4.78 is 58.7. The molecule has 0 radical (unpaired) electrons. The molecule has 1 unspecified atom stereocenters. The molecule has 11 heteroatoms. The molecular weight excluding hydrogens is 295 g/mol. The standard InChI is InChI=1S/C7H8F3N3O3S2/c1-3(18(2,15)16)4(14)11-6-13-12-5(17-6)7(8,9)10/h3H,1-2H3,(H,11,13,14). The average Bonchev–Trinajstić information content (AvgIpc) is 2.62. The molecule has 1 amide bonds. The van der Waals surface area contributed by atoms with E-state index < -0.39 is 37.3 Å². The lowest BCUT2D eigenvalue weighted by Gasteiger charge is -2.07. The molecule has 0 fully saturated rings. The number of hydrogen-bond acceptors (Lipinski definition) is 6. The quantitative estimate of drug-likeness (QED) is 0.897. The molecule has 6 nitrogen and oxygen atoms in total. The molecule has 1 aromatic rings. The van der Waals surface area contributed by atoms with Crippen molar-refractivity contribution in [1.82, 2.24) is 10.2 Å². The van der Waals surface area contributed by atoms with Crippen molar-refractivity contribution in [3.63, 3.8) is 0 Å². The third kappa shape index (κ3) is 3.63. The van der Waals surface area contributed by atoms with Gasteiger partial charge in [-0.2, -0.15) is 13.2 Å². The molecule has 0 saturated carbocycles. The number of anilines is 1. The molecular formula is C7H8F3N3O3S2. The Kier molecular flexibility index (Phi) is 3.96. The highest BCUT2D eigenvalue weighted by atomic mass is 32.2. The number of hydrogen-bond donors (Lipinski definition) is 1. The second kappa shape index (κ2) is 4.80. The fraction of sp³-hybridized carbons (Fsp3) is 0.571. The Morgan fingerprint density at radius 3 is 2.33 bits per heavy atom. The van der Waals surface area contributed by atoms with Crippen LogP contribution in [0.3, 0.4) is 0 Å². The fourth-order valence-electron chi connectivity index (χ4n) is 0.790. The molecule has 0 spiro atoms. The van der Waals surface area contributed by atoms with E-state index in [0.29, 0.717) is 0 Å². The van der Waals surface area contributed by atoms with Gasteiger partial charge in [-0.3, -0.25) is 10.1 Å². The van der Waals surface area contributed by atoms with Crippen LogP contribution in [0.2, 0.25) is 0 Å². The first-order valence-electron chi connectivity index (χ1n) is 4.42. The van der Waals surface area contributed by atoms with Gasteiger partial charge in [-0.05, 0) is 6.92 Å². The monoisotopic (exact) mass is 303 g/mol. The van der Waals surface area contributed by atoms with Crippen LogP contribution in [-0.2, 0) is 20.8 Å². The maximum absolute atomic E-state index is 12.2. The van der Waals surface area contributed by atoms with Gasteiger partial charge in [0.05, 0.1) is 0 Å². The Morgan fingerprint density at radius 1 is 1.39 bits per heavy atom. The van der Waals surface area contributed by atoms with Crippen LogP contribution in [0, 0.1) is 0 Å². The number of carbonyl (C=O) groups excluding carboxylic acids is 1. The minimum atomic E-state index is -4.65. The number of halogens is 3. The van der Waals surface area contributed by atoms with Gasteiger partial charge in [-0.1, -0.05) is 11.3 Å². The summed E-state index contributed by atoms with van der Waals surface area (Å²) in [4.78, 5) is 11.4. The van der Waals surface area contributed by atoms with E-state index in [0.717, 1.165) is 13.2 Å². The summed E-state index contributed by atoms with van der Waals surface area (Å²) in [6.45, 7) is 1.12. The molecule has 0 aliphatic heterocycles. The molecule has 1 rings (SSSR count). The van der Waals surface area contributed by atoms with Crippen molar-refractivity contribution < 1.29 is 26.4 Å². The number of alkyl halides is 3. The first kappa shape index (κ1) is 14.8. The summed E-state index contributed by atoms with van der Waals surface area (Å²) in [7, 11) is -3.62. The number of nitrogens with zero attached hydrogens (tertiary/aromatic N) is 2. The van der Waals surface area contributed by atoms with Gasteiger partial charge in [0.2, 0.25) is 16.0 Å². The highest BCUT2D eigenvalue weighted by Crippen LogP contribution is 2.33. The Morgan fingerprint density at radius 2 is 1.94 bits per heavy atom. The number of rotatable bonds is 3. The van der Waals surface area contributed by atoms with Crippen molar-refractivity contribution in [1.29, 1.82) is 0 Å². The van der Waals surface area contributed by atoms with E-state index in [-0.39, 0.29) is 11.3 Å². The van der Waals surface area contributed by atoms with Crippen molar-refractivity contribution in [2.45, 2.75) is 18.3 Å². The molecule has 1 N–H and O–H groups in total. The maximum atomic E-state index is 12.2. The number of carbonyl (C=O) groups is 1. The maximum Gasteiger partial charge on any atom is 0.445 e. The van der Waals surface area contributed by atoms with Crippen LogP contribution in [0.5, 0.6) is 0 Å². The van der Waals surface area contributed by atoms with Gasteiger partial charge in [-0.15, -0.1) is 10.2 Å². The zero-order chi connectivity index (χ0) is 14.1. The Balaban J connectivity index is 2.81. The lowest BCUT2D eigenvalue weighted by Crippen LogP contribution is -2.31. The summed E-state index contributed by atoms with van der Waals surface area (Å²) >= 11 is 0.122. The third-order valence-corrected chi connectivity index (χ3v) is 4.29. The van der Waals surface area contributed by atoms with Crippen LogP contribution in [0.15, 0.2) is 0 Å². The summed E-state index contributed by atoms with van der Waals surface area (Å²) in [5.74, 6) is -0.956. The van der Waals surface area contributed by atoms with Gasteiger partial charge in [0.1, 0.15) is 5.25 Å². The smallest absolute Gasteiger partial charge is 0.299 e. The normalized spacial score (nSPS) is 14.3. The summed E-state index contributed by atoms with van der Waals surface area (Å²) in [5, 5.41) is 4.92. The van der Waals surface area contributed by atoms with Crippen LogP contribution >= 0.6 is 11.3 Å². The first-order chi connectivity index (χ1) is 8.01. The third-order valence-electron chi connectivity index (χ3n) is 1.91. The average molecular weight is 303 g/mol. The number of nitrogens with one attached hydrogen (secondary N) is 1. The summed E-state index contributed by atoms with van der Waals surface area (Å²) in [6.07, 6.45) is -3.80. The van der Waals surface area contributed by atoms with Crippen LogP contribution in [0.4, 0.5) is 18.3 Å². The second-order valence-electron chi connectivity index (χ2n) is 3.37. The van der Waals surface area contributed by atoms with E-state index in [9.17, 15) is 26.4 Å². The van der Waals surface area contributed by atoms with Crippen LogP contribution in [0.1, 0.15) is 11.9 Å². The van der Waals surface area contributed by atoms with Gasteiger partial charge in [-0.25, -0.2) is 8.42 Å². The fourth-order valence-corrected chi connectivity index (χ4v) is 1.85. The predicted molar refractivity (Wildman–Crippen MR) is 57.8 cm³/mol. The summed E-state index contributed by atoms with van der Waals surface area (Å²) in [5.41, 5.74) is 0. The minimum absolute atomic E-state index is 0.122. The Hall–Kier alpha value is -1.23. The van der Waals surface area contributed by atoms with Gasteiger partial charge < -0.3 is 0 Å². The number of aromatic nitrogens is 2. The predicted octanol–water partition coefficient (Wildman–Crippen LogP) is 0.929. The van der Waals surface area contributed by atoms with Crippen molar-refractivity contribution >= 4 is 32.2 Å². The summed E-state index contributed by atoms with van der Waals surface area (Å²) in [6, 6.07) is 0. The molecule has 0 bridgehead atoms. The molecule has 1 aromatic heterocycles. The number of amides is 1. The molecule has 1 heterocycles. The lowest BCUT2D eigenvalue weighted by atomic mass is 10.4. The number of sulfone groups is 1. The second-order valence-corrected chi connectivity index (χ2v) is 6.71. The van der Waals surface area contributed by atoms with Crippen molar-refractivity contribution in [2.75, 3.05) is 11.6 Å². The molecule has 102 valence electrons. The Labute approximate surface area is 104 Å². The largest absolute Gasteiger partial charge is 0.445 e. The minimum Gasteiger partial charge on any atom is -0.299 e. The molecule has 0 aromatic carbocycles. The van der Waals surface area contributed by atoms with Crippen LogP contribution in [0.25, 0.3) is 0 Å². The zero-order valence-electron chi connectivity index (χ0n) is 9.15. The molecule has 0 saturated heterocycles. The van der Waals surface area contributed by atoms with Crippen molar-refractivity contribution in [3.8, 4) is 0 Å². The van der Waals surface area contributed by atoms with Gasteiger partial charge >= 0.3 is 6.18 Å². The Bertz CT molecular complexity index is 552. The van der Waals surface area contributed by atoms with E-state index in [2.05, 4.69) is 10.2 Å². The zero-order valence-corrected chi connectivity index (χ0v) is 10.8. The highest BCUT2D eigenvalue weighted by molar-refractivity contribution is 7.92. The van der Waals surface area contributed by atoms with Crippen molar-refractivity contribution in [2.24, 2.45) is 0 Å². The molecule has 1 atom stereocenters. The highest BCUT2D eigenvalue weighted by Gasteiger charge is 2.36. The molecule has 0 aliphatic carbocycles. The molecule has 18 heavy (non-hydrogen) atoms. The van der Waals surface area contributed by atoms with Gasteiger partial charge in [0.15, 0.2) is 9.84 Å².